The highest BCUT2D eigenvalue weighted by atomic mass is 16.5. The summed E-state index contributed by atoms with van der Waals surface area (Å²) in [5.74, 6) is -0.692. The molecule has 1 atom stereocenters. The molecule has 116 valence electrons. The number of hydrogen-bond acceptors (Lipinski definition) is 5. The zero-order chi connectivity index (χ0) is 16.1. The summed E-state index contributed by atoms with van der Waals surface area (Å²) in [5, 5.41) is 23.2. The van der Waals surface area contributed by atoms with E-state index < -0.39 is 0 Å². The minimum absolute atomic E-state index is 0.120. The van der Waals surface area contributed by atoms with Crippen LogP contribution in [-0.4, -0.2) is 35.8 Å². The highest BCUT2D eigenvalue weighted by molar-refractivity contribution is 6.11. The number of phenolic OH excluding ortho intramolecular Hbond substituents is 2. The molecule has 1 unspecified atom stereocenters. The van der Waals surface area contributed by atoms with Gasteiger partial charge in [-0.2, -0.15) is 0 Å². The van der Waals surface area contributed by atoms with Crippen LogP contribution in [0.3, 0.4) is 0 Å². The summed E-state index contributed by atoms with van der Waals surface area (Å²) >= 11 is 0. The van der Waals surface area contributed by atoms with Gasteiger partial charge < -0.3 is 20.3 Å². The first-order chi connectivity index (χ1) is 10.5. The van der Waals surface area contributed by atoms with Gasteiger partial charge in [-0.1, -0.05) is 30.3 Å². The summed E-state index contributed by atoms with van der Waals surface area (Å²) in [6, 6.07) is 11.3. The quantitative estimate of drug-likeness (QED) is 0.565. The molecule has 0 bridgehead atoms. The molecule has 0 aliphatic heterocycles. The van der Waals surface area contributed by atoms with Crippen molar-refractivity contribution in [2.45, 2.75) is 13.0 Å². The van der Waals surface area contributed by atoms with Gasteiger partial charge in [-0.15, -0.1) is 0 Å². The lowest BCUT2D eigenvalue weighted by molar-refractivity contribution is 0.103. The van der Waals surface area contributed by atoms with Crippen molar-refractivity contribution in [2.75, 3.05) is 19.0 Å². The van der Waals surface area contributed by atoms with E-state index in [2.05, 4.69) is 5.32 Å². The van der Waals surface area contributed by atoms with Crippen molar-refractivity contribution in [3.63, 3.8) is 0 Å². The predicted octanol–water partition coefficient (Wildman–Crippen LogP) is 2.78. The van der Waals surface area contributed by atoms with E-state index in [0.717, 1.165) is 0 Å². The fourth-order valence-corrected chi connectivity index (χ4v) is 2.19. The molecular weight excluding hydrogens is 282 g/mol. The van der Waals surface area contributed by atoms with Gasteiger partial charge in [0.2, 0.25) is 0 Å². The van der Waals surface area contributed by atoms with E-state index in [1.807, 2.05) is 13.0 Å². The van der Waals surface area contributed by atoms with Gasteiger partial charge in [0.05, 0.1) is 12.2 Å². The summed E-state index contributed by atoms with van der Waals surface area (Å²) in [5.41, 5.74) is 0.738. The molecule has 0 aromatic heterocycles. The number of hydrogen-bond donors (Lipinski definition) is 3. The molecule has 0 radical (unpaired) electrons. The second kappa shape index (κ2) is 6.95. The fourth-order valence-electron chi connectivity index (χ4n) is 2.19. The molecule has 0 aliphatic rings. The molecule has 2 rings (SSSR count). The van der Waals surface area contributed by atoms with E-state index in [0.29, 0.717) is 12.2 Å². The Morgan fingerprint density at radius 3 is 2.50 bits per heavy atom. The van der Waals surface area contributed by atoms with E-state index >= 15 is 0 Å². The van der Waals surface area contributed by atoms with Crippen LogP contribution in [-0.2, 0) is 4.74 Å². The van der Waals surface area contributed by atoms with Crippen LogP contribution < -0.4 is 5.32 Å². The van der Waals surface area contributed by atoms with E-state index in [1.54, 1.807) is 31.4 Å². The van der Waals surface area contributed by atoms with E-state index in [-0.39, 0.29) is 34.6 Å². The number of carbonyl (C=O) groups is 1. The van der Waals surface area contributed by atoms with Gasteiger partial charge in [0.25, 0.3) is 0 Å². The molecule has 5 heteroatoms. The number of nitrogens with one attached hydrogen (secondary N) is 1. The number of anilines is 1. The number of aromatic hydroxyl groups is 2. The average Bonchev–Trinajstić information content (AvgIpc) is 2.52. The number of benzene rings is 2. The van der Waals surface area contributed by atoms with Crippen LogP contribution in [0.5, 0.6) is 11.5 Å². The van der Waals surface area contributed by atoms with Crippen LogP contribution in [0.2, 0.25) is 0 Å². The Kier molecular flexibility index (Phi) is 5.01. The van der Waals surface area contributed by atoms with Crippen molar-refractivity contribution in [1.82, 2.24) is 0 Å². The second-order valence-electron chi connectivity index (χ2n) is 5.05. The van der Waals surface area contributed by atoms with Gasteiger partial charge in [-0.3, -0.25) is 4.79 Å². The van der Waals surface area contributed by atoms with Crippen LogP contribution in [0, 0.1) is 0 Å². The molecule has 0 spiro atoms. The fraction of sp³-hybridized carbons (Fsp3) is 0.235. The van der Waals surface area contributed by atoms with Crippen molar-refractivity contribution in [3.8, 4) is 11.5 Å². The maximum absolute atomic E-state index is 12.4. The Labute approximate surface area is 129 Å². The lowest BCUT2D eigenvalue weighted by Crippen LogP contribution is -2.21. The Balaban J connectivity index is 2.36. The summed E-state index contributed by atoms with van der Waals surface area (Å²) < 4.78 is 5.01. The lowest BCUT2D eigenvalue weighted by Gasteiger charge is -2.18. The Morgan fingerprint density at radius 2 is 1.86 bits per heavy atom. The van der Waals surface area contributed by atoms with Gasteiger partial charge in [0.15, 0.2) is 11.5 Å². The third-order valence-corrected chi connectivity index (χ3v) is 3.24. The maximum atomic E-state index is 12.4. The molecule has 0 saturated carbocycles. The molecule has 2 aromatic carbocycles. The summed E-state index contributed by atoms with van der Waals surface area (Å²) in [7, 11) is 1.56. The third-order valence-electron chi connectivity index (χ3n) is 3.24. The number of rotatable bonds is 6. The highest BCUT2D eigenvalue weighted by Gasteiger charge is 2.19. The van der Waals surface area contributed by atoms with Crippen molar-refractivity contribution in [1.29, 1.82) is 0 Å². The SMILES string of the molecule is COCC(C)Nc1c(O)ccc(C(=O)c2ccccc2)c1O. The number of carbonyl (C=O) groups excluding carboxylic acids is 1. The first-order valence-electron chi connectivity index (χ1n) is 6.94. The van der Waals surface area contributed by atoms with Crippen LogP contribution in [0.1, 0.15) is 22.8 Å². The zero-order valence-electron chi connectivity index (χ0n) is 12.5. The first-order valence-corrected chi connectivity index (χ1v) is 6.94. The molecule has 0 saturated heterocycles. The molecular formula is C17H19NO4. The van der Waals surface area contributed by atoms with Crippen LogP contribution >= 0.6 is 0 Å². The summed E-state index contributed by atoms with van der Waals surface area (Å²) in [6.07, 6.45) is 0. The van der Waals surface area contributed by atoms with Crippen LogP contribution in [0.4, 0.5) is 5.69 Å². The predicted molar refractivity (Wildman–Crippen MR) is 84.6 cm³/mol. The van der Waals surface area contributed by atoms with Gasteiger partial charge in [-0.25, -0.2) is 0 Å². The summed E-state index contributed by atoms with van der Waals surface area (Å²) in [4.78, 5) is 12.4. The van der Waals surface area contributed by atoms with Crippen LogP contribution in [0.15, 0.2) is 42.5 Å². The Hall–Kier alpha value is -2.53. The molecule has 0 heterocycles. The minimum Gasteiger partial charge on any atom is -0.506 e. The monoisotopic (exact) mass is 301 g/mol. The van der Waals surface area contributed by atoms with Crippen LogP contribution in [0.25, 0.3) is 0 Å². The number of phenols is 2. The molecule has 5 nitrogen and oxygen atoms in total. The topological polar surface area (TPSA) is 78.8 Å². The van der Waals surface area contributed by atoms with Crippen molar-refractivity contribution in [3.05, 3.63) is 53.6 Å². The molecule has 0 fully saturated rings. The molecule has 22 heavy (non-hydrogen) atoms. The molecule has 0 amide bonds. The molecule has 3 N–H and O–H groups in total. The minimum atomic E-state index is -0.305. The standard InChI is InChI=1S/C17H19NO4/c1-11(10-22-2)18-15-14(19)9-8-13(17(15)21)16(20)12-6-4-3-5-7-12/h3-9,11,18-19,21H,10H2,1-2H3. The van der Waals surface area contributed by atoms with Crippen molar-refractivity contribution < 1.29 is 19.7 Å². The smallest absolute Gasteiger partial charge is 0.196 e. The molecule has 0 aliphatic carbocycles. The summed E-state index contributed by atoms with van der Waals surface area (Å²) in [6.45, 7) is 2.24. The Morgan fingerprint density at radius 1 is 1.18 bits per heavy atom. The van der Waals surface area contributed by atoms with E-state index in [4.69, 9.17) is 4.74 Å². The average molecular weight is 301 g/mol. The second-order valence-corrected chi connectivity index (χ2v) is 5.05. The zero-order valence-corrected chi connectivity index (χ0v) is 12.5. The number of ketones is 1. The largest absolute Gasteiger partial charge is 0.506 e. The van der Waals surface area contributed by atoms with E-state index in [9.17, 15) is 15.0 Å². The van der Waals surface area contributed by atoms with Gasteiger partial charge in [-0.05, 0) is 19.1 Å². The van der Waals surface area contributed by atoms with E-state index in [1.165, 1.54) is 12.1 Å². The highest BCUT2D eigenvalue weighted by Crippen LogP contribution is 2.37. The van der Waals surface area contributed by atoms with Gasteiger partial charge in [0.1, 0.15) is 11.4 Å². The van der Waals surface area contributed by atoms with Crippen molar-refractivity contribution >= 4 is 11.5 Å². The number of ether oxygens (including phenoxy) is 1. The van der Waals surface area contributed by atoms with Crippen molar-refractivity contribution in [2.24, 2.45) is 0 Å². The molecule has 2 aromatic rings. The van der Waals surface area contributed by atoms with Gasteiger partial charge >= 0.3 is 0 Å². The lowest BCUT2D eigenvalue weighted by atomic mass is 10.0. The maximum Gasteiger partial charge on any atom is 0.196 e. The third kappa shape index (κ3) is 3.38. The Bertz CT molecular complexity index is 655. The first kappa shape index (κ1) is 15.9. The number of methoxy groups -OCH3 is 1. The normalized spacial score (nSPS) is 11.9. The van der Waals surface area contributed by atoms with Gasteiger partial charge in [0, 0.05) is 18.7 Å².